The number of aryl methyl sites for hydroxylation is 1. The van der Waals surface area contributed by atoms with Crippen molar-refractivity contribution in [1.29, 1.82) is 0 Å². The summed E-state index contributed by atoms with van der Waals surface area (Å²) in [6.45, 7) is 1.05. The molecule has 1 aromatic carbocycles. The summed E-state index contributed by atoms with van der Waals surface area (Å²) in [5.41, 5.74) is 8.42. The maximum Gasteiger partial charge on any atom is 0.344 e. The first kappa shape index (κ1) is 19.2. The molecule has 4 N–H and O–H groups in total. The molecular formula is C20H17N3O7. The van der Waals surface area contributed by atoms with Gasteiger partial charge in [-0.3, -0.25) is 9.59 Å². The van der Waals surface area contributed by atoms with E-state index in [4.69, 9.17) is 25.4 Å². The molecule has 0 bridgehead atoms. The number of fused-ring (bicyclic) bond motifs is 4. The summed E-state index contributed by atoms with van der Waals surface area (Å²) in [6, 6.07) is 7.78. The van der Waals surface area contributed by atoms with Gasteiger partial charge in [-0.25, -0.2) is 9.59 Å². The Morgan fingerprint density at radius 3 is 2.60 bits per heavy atom. The monoisotopic (exact) mass is 411 g/mol. The number of carbonyl (C=O) groups is 3. The van der Waals surface area contributed by atoms with Crippen LogP contribution in [0.1, 0.15) is 16.9 Å². The second kappa shape index (κ2) is 6.48. The summed E-state index contributed by atoms with van der Waals surface area (Å²) in [5.74, 6) is -2.74. The summed E-state index contributed by atoms with van der Waals surface area (Å²) in [7, 11) is 1.11. The zero-order valence-corrected chi connectivity index (χ0v) is 16.1. The number of hydrogen-bond acceptors (Lipinski definition) is 8. The van der Waals surface area contributed by atoms with Crippen molar-refractivity contribution in [2.45, 2.75) is 12.3 Å². The Morgan fingerprint density at radius 2 is 1.93 bits per heavy atom. The third-order valence-electron chi connectivity index (χ3n) is 5.12. The number of methoxy groups -OCH3 is 1. The summed E-state index contributed by atoms with van der Waals surface area (Å²) in [5, 5.41) is 0. The molecule has 2 aliphatic heterocycles. The largest absolute Gasteiger partial charge is 0.465 e. The van der Waals surface area contributed by atoms with Gasteiger partial charge in [0.25, 0.3) is 0 Å². The number of para-hydroxylation sites is 1. The van der Waals surface area contributed by atoms with Gasteiger partial charge in [-0.1, -0.05) is 18.2 Å². The van der Waals surface area contributed by atoms with Gasteiger partial charge in [-0.2, -0.15) is 0 Å². The highest BCUT2D eigenvalue weighted by atomic mass is 16.5. The van der Waals surface area contributed by atoms with Crippen molar-refractivity contribution < 1.29 is 28.3 Å². The normalized spacial score (nSPS) is 19.4. The maximum absolute atomic E-state index is 13.8. The molecule has 2 amide bonds. The van der Waals surface area contributed by atoms with Gasteiger partial charge in [-0.05, 0) is 13.0 Å². The van der Waals surface area contributed by atoms with Crippen LogP contribution in [-0.4, -0.2) is 31.4 Å². The number of nitrogens with zero attached hydrogens (tertiary/aromatic N) is 1. The smallest absolute Gasteiger partial charge is 0.344 e. The lowest BCUT2D eigenvalue weighted by Crippen LogP contribution is -2.51. The number of nitrogens with two attached hydrogens (primary N) is 2. The lowest BCUT2D eigenvalue weighted by atomic mass is 9.69. The fraction of sp³-hybridized carbons (Fsp3) is 0.200. The number of esters is 1. The van der Waals surface area contributed by atoms with Crippen LogP contribution in [0.25, 0.3) is 0 Å². The summed E-state index contributed by atoms with van der Waals surface area (Å²) >= 11 is 0. The lowest BCUT2D eigenvalue weighted by Gasteiger charge is -2.34. The van der Waals surface area contributed by atoms with Crippen LogP contribution < -0.4 is 26.7 Å². The molecule has 3 heterocycles. The third kappa shape index (κ3) is 2.36. The van der Waals surface area contributed by atoms with Gasteiger partial charge in [-0.15, -0.1) is 0 Å². The van der Waals surface area contributed by atoms with Gasteiger partial charge in [0.05, 0.1) is 7.11 Å². The van der Waals surface area contributed by atoms with Crippen molar-refractivity contribution in [2.24, 2.45) is 11.5 Å². The molecule has 0 fully saturated rings. The maximum atomic E-state index is 13.8. The van der Waals surface area contributed by atoms with Crippen molar-refractivity contribution >= 4 is 23.5 Å². The predicted molar refractivity (Wildman–Crippen MR) is 102 cm³/mol. The molecule has 1 atom stereocenters. The van der Waals surface area contributed by atoms with Gasteiger partial charge >= 0.3 is 11.6 Å². The molecule has 1 spiro atoms. The Bertz CT molecular complexity index is 1210. The van der Waals surface area contributed by atoms with Gasteiger partial charge in [0.1, 0.15) is 34.6 Å². The molecule has 1 aromatic heterocycles. The molecule has 0 radical (unpaired) electrons. The van der Waals surface area contributed by atoms with E-state index in [1.807, 2.05) is 0 Å². The summed E-state index contributed by atoms with van der Waals surface area (Å²) in [6.07, 6.45) is 0. The first-order valence-corrected chi connectivity index (χ1v) is 8.84. The van der Waals surface area contributed by atoms with E-state index in [2.05, 4.69) is 0 Å². The first-order valence-electron chi connectivity index (χ1n) is 8.84. The van der Waals surface area contributed by atoms with E-state index in [0.29, 0.717) is 5.69 Å². The van der Waals surface area contributed by atoms with Gasteiger partial charge in [0, 0.05) is 17.3 Å². The number of primary amides is 1. The Hall–Kier alpha value is -4.08. The Kier molecular flexibility index (Phi) is 4.15. The molecule has 2 aromatic rings. The number of rotatable bonds is 3. The molecule has 0 unspecified atom stereocenters. The van der Waals surface area contributed by atoms with Gasteiger partial charge in [0.2, 0.25) is 17.7 Å². The highest BCUT2D eigenvalue weighted by Gasteiger charge is 2.62. The number of benzene rings is 1. The fourth-order valence-corrected chi connectivity index (χ4v) is 4.09. The summed E-state index contributed by atoms with van der Waals surface area (Å²) in [4.78, 5) is 52.3. The highest BCUT2D eigenvalue weighted by Crippen LogP contribution is 2.54. The molecule has 2 aliphatic rings. The molecular weight excluding hydrogens is 394 g/mol. The van der Waals surface area contributed by atoms with E-state index >= 15 is 0 Å². The van der Waals surface area contributed by atoms with Crippen LogP contribution in [0.4, 0.5) is 5.69 Å². The zero-order chi connectivity index (χ0) is 21.8. The van der Waals surface area contributed by atoms with Crippen molar-refractivity contribution in [3.05, 3.63) is 69.1 Å². The van der Waals surface area contributed by atoms with Crippen LogP contribution in [0, 0.1) is 6.92 Å². The number of carbonyl (C=O) groups excluding carboxylic acids is 3. The van der Waals surface area contributed by atoms with E-state index < -0.39 is 41.3 Å². The SMILES string of the molecule is COC(=O)C1=C(N)Oc2cc(C)oc(=O)c2[C@@]12C(=O)N(CC(N)=O)c1ccccc12. The van der Waals surface area contributed by atoms with Gasteiger partial charge < -0.3 is 30.3 Å². The zero-order valence-electron chi connectivity index (χ0n) is 16.1. The average Bonchev–Trinajstić information content (AvgIpc) is 2.90. The third-order valence-corrected chi connectivity index (χ3v) is 5.12. The van der Waals surface area contributed by atoms with E-state index in [1.165, 1.54) is 13.0 Å². The fourth-order valence-electron chi connectivity index (χ4n) is 4.09. The van der Waals surface area contributed by atoms with E-state index in [1.54, 1.807) is 24.3 Å². The second-order valence-corrected chi connectivity index (χ2v) is 6.84. The minimum Gasteiger partial charge on any atom is -0.465 e. The van der Waals surface area contributed by atoms with Crippen molar-refractivity contribution in [3.63, 3.8) is 0 Å². The standard InChI is InChI=1S/C20H17N3O7/c1-9-7-12-14(18(26)29-9)20(15(16(22)30-12)17(25)28-2)10-5-3-4-6-11(10)23(19(20)27)8-13(21)24/h3-7H,8,22H2,1-2H3,(H2,21,24)/t20-/m1/s1. The van der Waals surface area contributed by atoms with E-state index in [0.717, 1.165) is 12.0 Å². The van der Waals surface area contributed by atoms with E-state index in [9.17, 15) is 19.2 Å². The van der Waals surface area contributed by atoms with Crippen LogP contribution in [0.3, 0.4) is 0 Å². The number of hydrogen-bond donors (Lipinski definition) is 2. The van der Waals surface area contributed by atoms with Crippen molar-refractivity contribution in [1.82, 2.24) is 0 Å². The van der Waals surface area contributed by atoms with Gasteiger partial charge in [0.15, 0.2) is 0 Å². The molecule has 30 heavy (non-hydrogen) atoms. The minimum atomic E-state index is -2.02. The lowest BCUT2D eigenvalue weighted by molar-refractivity contribution is -0.138. The predicted octanol–water partition coefficient (Wildman–Crippen LogP) is -0.198. The van der Waals surface area contributed by atoms with Crippen LogP contribution >= 0.6 is 0 Å². The van der Waals surface area contributed by atoms with Crippen molar-refractivity contribution in [3.8, 4) is 5.75 Å². The first-order chi connectivity index (χ1) is 14.2. The molecule has 0 aliphatic carbocycles. The Balaban J connectivity index is 2.18. The van der Waals surface area contributed by atoms with Crippen LogP contribution in [0.5, 0.6) is 5.75 Å². The van der Waals surface area contributed by atoms with E-state index in [-0.39, 0.29) is 28.2 Å². The molecule has 0 saturated carbocycles. The molecule has 0 saturated heterocycles. The van der Waals surface area contributed by atoms with Crippen LogP contribution in [-0.2, 0) is 24.5 Å². The quantitative estimate of drug-likeness (QED) is 0.658. The van der Waals surface area contributed by atoms with Crippen LogP contribution in [0.15, 0.2) is 51.0 Å². The Morgan fingerprint density at radius 1 is 1.23 bits per heavy atom. The highest BCUT2D eigenvalue weighted by molar-refractivity contribution is 6.19. The topological polar surface area (TPSA) is 155 Å². The number of anilines is 1. The van der Waals surface area contributed by atoms with Crippen LogP contribution in [0.2, 0.25) is 0 Å². The van der Waals surface area contributed by atoms with Crippen molar-refractivity contribution in [2.75, 3.05) is 18.6 Å². The molecule has 4 rings (SSSR count). The number of ether oxygens (including phenoxy) is 2. The average molecular weight is 411 g/mol. The number of amides is 2. The molecule has 154 valence electrons. The Labute approximate surface area is 169 Å². The molecule has 10 nitrogen and oxygen atoms in total. The minimum absolute atomic E-state index is 0.0296. The second-order valence-electron chi connectivity index (χ2n) is 6.84. The molecule has 10 heteroatoms. The summed E-state index contributed by atoms with van der Waals surface area (Å²) < 4.78 is 15.6.